The van der Waals surface area contributed by atoms with Crippen LogP contribution in [0.1, 0.15) is 15.9 Å². The summed E-state index contributed by atoms with van der Waals surface area (Å²) in [5.74, 6) is -0.0528. The predicted molar refractivity (Wildman–Crippen MR) is 91.0 cm³/mol. The number of benzene rings is 2. The summed E-state index contributed by atoms with van der Waals surface area (Å²) < 4.78 is 5.27. The van der Waals surface area contributed by atoms with Gasteiger partial charge in [0.25, 0.3) is 0 Å². The Labute approximate surface area is 144 Å². The van der Waals surface area contributed by atoms with E-state index < -0.39 is 5.97 Å². The predicted octanol–water partition coefficient (Wildman–Crippen LogP) is 4.46. The molecule has 0 aliphatic carbocycles. The van der Waals surface area contributed by atoms with Gasteiger partial charge in [-0.15, -0.1) is 0 Å². The smallest absolute Gasteiger partial charge is 0.343 e. The molecule has 2 aromatic rings. The first kappa shape index (κ1) is 17.0. The van der Waals surface area contributed by atoms with Gasteiger partial charge in [0, 0.05) is 5.03 Å². The molecule has 2 aromatic carbocycles. The Kier molecular flexibility index (Phi) is 5.91. The van der Waals surface area contributed by atoms with Crippen molar-refractivity contribution < 1.29 is 9.53 Å². The number of rotatable bonds is 4. The fourth-order valence-electron chi connectivity index (χ4n) is 1.77. The molecule has 24 heavy (non-hydrogen) atoms. The van der Waals surface area contributed by atoms with Gasteiger partial charge in [-0.1, -0.05) is 29.8 Å². The summed E-state index contributed by atoms with van der Waals surface area (Å²) in [7, 11) is 0. The van der Waals surface area contributed by atoms with Gasteiger partial charge in [-0.25, -0.2) is 4.79 Å². The number of allylic oxidation sites excluding steroid dienone is 3. The number of nitriles is 2. The number of ether oxygens (including phenoxy) is 1. The van der Waals surface area contributed by atoms with Gasteiger partial charge in [0.1, 0.15) is 23.5 Å². The number of esters is 1. The van der Waals surface area contributed by atoms with E-state index in [2.05, 4.69) is 0 Å². The number of carbonyl (C=O) groups is 1. The monoisotopic (exact) mass is 334 g/mol. The Balaban J connectivity index is 2.10. The largest absolute Gasteiger partial charge is 0.423 e. The Morgan fingerprint density at radius 2 is 1.54 bits per heavy atom. The lowest BCUT2D eigenvalue weighted by Gasteiger charge is -2.05. The molecule has 2 rings (SSSR count). The van der Waals surface area contributed by atoms with Crippen LogP contribution in [0.25, 0.3) is 5.03 Å². The van der Waals surface area contributed by atoms with E-state index in [9.17, 15) is 4.79 Å². The molecule has 0 aliphatic rings. The summed E-state index contributed by atoms with van der Waals surface area (Å²) in [6.07, 6.45) is 2.81. The van der Waals surface area contributed by atoms with Crippen molar-refractivity contribution in [3.05, 3.63) is 83.4 Å². The van der Waals surface area contributed by atoms with E-state index in [0.29, 0.717) is 21.9 Å². The van der Waals surface area contributed by atoms with Gasteiger partial charge in [0.05, 0.1) is 5.56 Å². The number of carbonyl (C=O) groups excluding carboxylic acids is 1. The molecule has 5 heteroatoms. The molecule has 0 fully saturated rings. The zero-order valence-electron chi connectivity index (χ0n) is 12.4. The molecular weight excluding hydrogens is 324 g/mol. The van der Waals surface area contributed by atoms with Crippen LogP contribution in [0.4, 0.5) is 0 Å². The van der Waals surface area contributed by atoms with E-state index in [1.165, 1.54) is 12.2 Å². The number of hydrogen-bond donors (Lipinski definition) is 0. The second-order valence-electron chi connectivity index (χ2n) is 4.60. The molecule has 0 spiro atoms. The zero-order chi connectivity index (χ0) is 17.4. The molecule has 0 atom stereocenters. The van der Waals surface area contributed by atoms with Gasteiger partial charge in [0.2, 0.25) is 0 Å². The topological polar surface area (TPSA) is 73.9 Å². The molecule has 0 heterocycles. The SMILES string of the molecule is N#CC(C#N)=CC=C(Cl)c1ccc(OC(=O)c2ccccc2)cc1. The average Bonchev–Trinajstić information content (AvgIpc) is 2.63. The van der Waals surface area contributed by atoms with Crippen molar-refractivity contribution in [1.82, 2.24) is 0 Å². The van der Waals surface area contributed by atoms with Crippen LogP contribution in [0.15, 0.2) is 72.3 Å². The molecule has 0 unspecified atom stereocenters. The first-order chi connectivity index (χ1) is 11.6. The second kappa shape index (κ2) is 8.33. The Hall–Kier alpha value is -3.34. The van der Waals surface area contributed by atoms with Gasteiger partial charge >= 0.3 is 5.97 Å². The fourth-order valence-corrected chi connectivity index (χ4v) is 1.96. The van der Waals surface area contributed by atoms with Crippen molar-refractivity contribution in [3.63, 3.8) is 0 Å². The quantitative estimate of drug-likeness (QED) is 0.358. The van der Waals surface area contributed by atoms with Crippen molar-refractivity contribution in [3.8, 4) is 17.9 Å². The highest BCUT2D eigenvalue weighted by molar-refractivity contribution is 6.48. The average molecular weight is 335 g/mol. The van der Waals surface area contributed by atoms with Crippen molar-refractivity contribution >= 4 is 22.6 Å². The van der Waals surface area contributed by atoms with E-state index in [-0.39, 0.29) is 5.57 Å². The molecule has 0 saturated carbocycles. The van der Waals surface area contributed by atoms with Crippen molar-refractivity contribution in [2.24, 2.45) is 0 Å². The highest BCUT2D eigenvalue weighted by atomic mass is 35.5. The molecule has 0 amide bonds. The van der Waals surface area contributed by atoms with Crippen LogP contribution in [0, 0.1) is 22.7 Å². The second-order valence-corrected chi connectivity index (χ2v) is 5.01. The van der Waals surface area contributed by atoms with E-state index in [4.69, 9.17) is 26.9 Å². The Morgan fingerprint density at radius 3 is 2.12 bits per heavy atom. The highest BCUT2D eigenvalue weighted by Crippen LogP contribution is 2.22. The summed E-state index contributed by atoms with van der Waals surface area (Å²) in [6.45, 7) is 0. The lowest BCUT2D eigenvalue weighted by Crippen LogP contribution is -2.07. The zero-order valence-corrected chi connectivity index (χ0v) is 13.2. The third-order valence-electron chi connectivity index (χ3n) is 2.99. The van der Waals surface area contributed by atoms with Crippen LogP contribution >= 0.6 is 11.6 Å². The van der Waals surface area contributed by atoms with Crippen molar-refractivity contribution in [1.29, 1.82) is 10.5 Å². The third-order valence-corrected chi connectivity index (χ3v) is 3.33. The summed E-state index contributed by atoms with van der Waals surface area (Å²) in [4.78, 5) is 11.9. The first-order valence-corrected chi connectivity index (χ1v) is 7.27. The fraction of sp³-hybridized carbons (Fsp3) is 0. The van der Waals surface area contributed by atoms with Crippen LogP contribution in [0.2, 0.25) is 0 Å². The minimum Gasteiger partial charge on any atom is -0.423 e. The number of nitrogens with zero attached hydrogens (tertiary/aromatic N) is 2. The molecule has 116 valence electrons. The van der Waals surface area contributed by atoms with Gasteiger partial charge < -0.3 is 4.74 Å². The van der Waals surface area contributed by atoms with Crippen molar-refractivity contribution in [2.75, 3.05) is 0 Å². The van der Waals surface area contributed by atoms with E-state index >= 15 is 0 Å². The van der Waals surface area contributed by atoms with E-state index in [1.807, 2.05) is 6.07 Å². The molecule has 4 nitrogen and oxygen atoms in total. The van der Waals surface area contributed by atoms with Crippen LogP contribution in [0.5, 0.6) is 5.75 Å². The maximum Gasteiger partial charge on any atom is 0.343 e. The molecular formula is C19H11ClN2O2. The summed E-state index contributed by atoms with van der Waals surface area (Å²) in [6, 6.07) is 18.8. The van der Waals surface area contributed by atoms with Gasteiger partial charge in [-0.3, -0.25) is 0 Å². The number of halogens is 1. The molecule has 0 saturated heterocycles. The molecule has 0 aromatic heterocycles. The minimum atomic E-state index is -0.444. The molecule has 0 radical (unpaired) electrons. The standard InChI is InChI=1S/C19H11ClN2O2/c20-18(11-6-14(12-21)13-22)15-7-9-17(10-8-15)24-19(23)16-4-2-1-3-5-16/h1-11H. The maximum absolute atomic E-state index is 11.9. The normalized spacial score (nSPS) is 10.2. The maximum atomic E-state index is 11.9. The van der Waals surface area contributed by atoms with E-state index in [0.717, 1.165) is 0 Å². The Morgan fingerprint density at radius 1 is 0.917 bits per heavy atom. The van der Waals surface area contributed by atoms with Crippen LogP contribution in [-0.2, 0) is 0 Å². The minimum absolute atomic E-state index is 0.0402. The molecule has 0 aliphatic heterocycles. The third kappa shape index (κ3) is 4.58. The van der Waals surface area contributed by atoms with E-state index in [1.54, 1.807) is 60.7 Å². The summed E-state index contributed by atoms with van der Waals surface area (Å²) in [5, 5.41) is 17.7. The Bertz CT molecular complexity index is 854. The highest BCUT2D eigenvalue weighted by Gasteiger charge is 2.07. The summed E-state index contributed by atoms with van der Waals surface area (Å²) in [5.41, 5.74) is 1.09. The van der Waals surface area contributed by atoms with Crippen LogP contribution in [-0.4, -0.2) is 5.97 Å². The van der Waals surface area contributed by atoms with Crippen LogP contribution < -0.4 is 4.74 Å². The van der Waals surface area contributed by atoms with Crippen LogP contribution in [0.3, 0.4) is 0 Å². The van der Waals surface area contributed by atoms with Gasteiger partial charge in [-0.05, 0) is 54.1 Å². The lowest BCUT2D eigenvalue weighted by molar-refractivity contribution is 0.0735. The first-order valence-electron chi connectivity index (χ1n) is 6.89. The summed E-state index contributed by atoms with van der Waals surface area (Å²) >= 11 is 6.11. The molecule has 0 N–H and O–H groups in total. The van der Waals surface area contributed by atoms with Gasteiger partial charge in [-0.2, -0.15) is 10.5 Å². The van der Waals surface area contributed by atoms with Gasteiger partial charge in [0.15, 0.2) is 0 Å². The lowest BCUT2D eigenvalue weighted by atomic mass is 10.2. The molecule has 0 bridgehead atoms. The van der Waals surface area contributed by atoms with Crippen molar-refractivity contribution in [2.45, 2.75) is 0 Å². The number of hydrogen-bond acceptors (Lipinski definition) is 4.